The average molecular weight is 687 g/mol. The van der Waals surface area contributed by atoms with Gasteiger partial charge in [-0.2, -0.15) is 28.1 Å². The number of alkyl halides is 3. The first-order valence-electron chi connectivity index (χ1n) is 15.5. The maximum Gasteiger partial charge on any atom is 0.422 e. The van der Waals surface area contributed by atoms with Gasteiger partial charge in [0, 0.05) is 29.2 Å². The van der Waals surface area contributed by atoms with Gasteiger partial charge in [-0.25, -0.2) is 0 Å². The fraction of sp³-hybridized carbons (Fsp3) is 0.438. The number of nitrogens with zero attached hydrogens (tertiary/aromatic N) is 3. The fourth-order valence-electron chi connectivity index (χ4n) is 5.76. The van der Waals surface area contributed by atoms with Crippen molar-refractivity contribution in [2.45, 2.75) is 62.2 Å². The molecule has 48 heavy (non-hydrogen) atoms. The number of ether oxygens (including phenoxy) is 1. The van der Waals surface area contributed by atoms with Crippen LogP contribution in [0.2, 0.25) is 5.02 Å². The average Bonchev–Trinajstić information content (AvgIpc) is 3.91. The van der Waals surface area contributed by atoms with Crippen LogP contribution in [0.15, 0.2) is 48.5 Å². The van der Waals surface area contributed by atoms with Crippen LogP contribution in [-0.4, -0.2) is 57.6 Å². The van der Waals surface area contributed by atoms with Crippen molar-refractivity contribution >= 4 is 47.0 Å². The van der Waals surface area contributed by atoms with Gasteiger partial charge >= 0.3 is 12.2 Å². The van der Waals surface area contributed by atoms with Crippen LogP contribution in [0.1, 0.15) is 60.9 Å². The number of carboxylic acids is 1. The predicted octanol–water partition coefficient (Wildman–Crippen LogP) is 3.86. The quantitative estimate of drug-likeness (QED) is 0.172. The van der Waals surface area contributed by atoms with E-state index in [2.05, 4.69) is 36.2 Å². The van der Waals surface area contributed by atoms with Crippen LogP contribution in [0.5, 0.6) is 6.01 Å². The molecule has 3 saturated carbocycles. The molecule has 0 aliphatic heterocycles. The number of rotatable bonds is 15. The van der Waals surface area contributed by atoms with Crippen molar-refractivity contribution in [2.75, 3.05) is 23.8 Å². The maximum atomic E-state index is 12.9. The first-order chi connectivity index (χ1) is 22.8. The number of hydrogen-bond acceptors (Lipinski definition) is 10. The first kappa shape index (κ1) is 33.2. The molecule has 3 aliphatic carbocycles. The van der Waals surface area contributed by atoms with E-state index in [-0.39, 0.29) is 30.8 Å². The molecule has 0 radical (unpaired) electrons. The summed E-state index contributed by atoms with van der Waals surface area (Å²) in [6.07, 6.45) is -0.420. The summed E-state index contributed by atoms with van der Waals surface area (Å²) in [6, 6.07) is 12.9. The largest absolute Gasteiger partial charge is 0.548 e. The van der Waals surface area contributed by atoms with Crippen LogP contribution in [0, 0.1) is 11.8 Å². The van der Waals surface area contributed by atoms with E-state index in [1.807, 2.05) is 12.1 Å². The van der Waals surface area contributed by atoms with Gasteiger partial charge in [0.25, 0.3) is 5.91 Å². The van der Waals surface area contributed by atoms with E-state index in [0.717, 1.165) is 31.2 Å². The molecule has 3 aromatic rings. The minimum absolute atomic E-state index is 0.0106. The molecule has 254 valence electrons. The number of aromatic nitrogens is 3. The van der Waals surface area contributed by atoms with Gasteiger partial charge < -0.3 is 35.9 Å². The van der Waals surface area contributed by atoms with Gasteiger partial charge in [0.15, 0.2) is 6.61 Å². The molecule has 2 atom stereocenters. The van der Waals surface area contributed by atoms with Crippen molar-refractivity contribution < 1.29 is 37.4 Å². The lowest BCUT2D eigenvalue weighted by Gasteiger charge is -2.20. The molecule has 4 N–H and O–H groups in total. The highest BCUT2D eigenvalue weighted by Gasteiger charge is 2.61. The van der Waals surface area contributed by atoms with Crippen LogP contribution in [0.25, 0.3) is 0 Å². The summed E-state index contributed by atoms with van der Waals surface area (Å²) >= 11 is 6.02. The SMILES string of the molecule is O=C(CCCNC(=O)c1ccc(Nc2nc(NC3(c4ccc(Cl)cc4)CC3)nc(OCC(F)(F)F)n2)cc1)NC1(C(=O)[O-])CC1C1CC1. The highest BCUT2D eigenvalue weighted by atomic mass is 35.5. The number of anilines is 3. The summed E-state index contributed by atoms with van der Waals surface area (Å²) in [5.41, 5.74) is -0.103. The molecule has 1 aromatic heterocycles. The summed E-state index contributed by atoms with van der Waals surface area (Å²) in [5.74, 6) is -1.83. The van der Waals surface area contributed by atoms with Gasteiger partial charge in [-0.1, -0.05) is 23.7 Å². The van der Waals surface area contributed by atoms with Gasteiger partial charge in [0.2, 0.25) is 17.8 Å². The highest BCUT2D eigenvalue weighted by molar-refractivity contribution is 6.30. The molecule has 2 unspecified atom stereocenters. The van der Waals surface area contributed by atoms with Crippen molar-refractivity contribution in [3.8, 4) is 6.01 Å². The lowest BCUT2D eigenvalue weighted by molar-refractivity contribution is -0.310. The van der Waals surface area contributed by atoms with Crippen LogP contribution in [0.4, 0.5) is 30.8 Å². The molecule has 6 rings (SSSR count). The molecule has 3 fully saturated rings. The van der Waals surface area contributed by atoms with Crippen LogP contribution >= 0.6 is 11.6 Å². The minimum atomic E-state index is -4.60. The summed E-state index contributed by atoms with van der Waals surface area (Å²) < 4.78 is 43.5. The second-order valence-electron chi connectivity index (χ2n) is 12.4. The monoisotopic (exact) mass is 686 g/mol. The van der Waals surface area contributed by atoms with Crippen LogP contribution in [-0.2, 0) is 15.1 Å². The van der Waals surface area contributed by atoms with Gasteiger partial charge in [0.05, 0.1) is 17.0 Å². The lowest BCUT2D eigenvalue weighted by atomic mass is 10.1. The summed E-state index contributed by atoms with van der Waals surface area (Å²) in [5, 5.41) is 23.6. The molecule has 16 heteroatoms. The van der Waals surface area contributed by atoms with Gasteiger partial charge in [0.1, 0.15) is 0 Å². The van der Waals surface area contributed by atoms with Gasteiger partial charge in [-0.3, -0.25) is 9.59 Å². The zero-order chi connectivity index (χ0) is 34.1. The molecular weight excluding hydrogens is 655 g/mol. The third-order valence-corrected chi connectivity index (χ3v) is 8.93. The van der Waals surface area contributed by atoms with E-state index >= 15 is 0 Å². The number of carbonyl (C=O) groups is 3. The van der Waals surface area contributed by atoms with Crippen LogP contribution in [0.3, 0.4) is 0 Å². The fourth-order valence-corrected chi connectivity index (χ4v) is 5.88. The lowest BCUT2D eigenvalue weighted by Crippen LogP contribution is -2.52. The molecular formula is C32H32ClF3N7O5-. The Morgan fingerprint density at radius 1 is 0.979 bits per heavy atom. The Labute approximate surface area is 278 Å². The summed E-state index contributed by atoms with van der Waals surface area (Å²) in [7, 11) is 0. The van der Waals surface area contributed by atoms with Crippen molar-refractivity contribution in [2.24, 2.45) is 11.8 Å². The molecule has 2 aromatic carbocycles. The zero-order valence-corrected chi connectivity index (χ0v) is 26.3. The molecule has 1 heterocycles. The number of nitrogens with one attached hydrogen (secondary N) is 4. The van der Waals surface area contributed by atoms with Gasteiger partial charge in [-0.05, 0) is 92.3 Å². The van der Waals surface area contributed by atoms with Crippen LogP contribution < -0.4 is 31.1 Å². The van der Waals surface area contributed by atoms with Crippen molar-refractivity contribution in [1.82, 2.24) is 25.6 Å². The maximum absolute atomic E-state index is 12.9. The normalized spacial score (nSPS) is 20.7. The standard InChI is InChI=1S/C32H33ClF3N7O5/c33-21-9-7-20(8-10-21)30(13-14-30)43-28-39-27(40-29(41-28)48-17-32(34,35)36)38-22-11-5-19(6-12-22)25(45)37-15-1-2-24(44)42-31(26(46)47)16-23(31)18-3-4-18/h5-12,18,23H,1-4,13-17H2,(H,37,45)(H,42,44)(H,46,47)(H2,38,39,40,41,43)/p-1. The number of benzene rings is 2. The third-order valence-electron chi connectivity index (χ3n) is 8.68. The van der Waals surface area contributed by atoms with E-state index < -0.39 is 47.7 Å². The topological polar surface area (TPSA) is 170 Å². The van der Waals surface area contributed by atoms with Crippen molar-refractivity contribution in [1.29, 1.82) is 0 Å². The molecule has 0 spiro atoms. The van der Waals surface area contributed by atoms with Gasteiger partial charge in [-0.15, -0.1) is 0 Å². The number of halogens is 4. The summed E-state index contributed by atoms with van der Waals surface area (Å²) in [6.45, 7) is -1.40. The van der Waals surface area contributed by atoms with E-state index in [9.17, 15) is 32.7 Å². The van der Waals surface area contributed by atoms with E-state index in [0.29, 0.717) is 35.0 Å². The minimum Gasteiger partial charge on any atom is -0.548 e. The zero-order valence-electron chi connectivity index (χ0n) is 25.5. The number of amides is 2. The Morgan fingerprint density at radius 3 is 2.29 bits per heavy atom. The Kier molecular flexibility index (Phi) is 9.07. The highest BCUT2D eigenvalue weighted by Crippen LogP contribution is 2.56. The second-order valence-corrected chi connectivity index (χ2v) is 12.8. The molecule has 0 saturated heterocycles. The number of carboxylic acid groups (broad SMARTS) is 1. The van der Waals surface area contributed by atoms with E-state index in [1.165, 1.54) is 12.1 Å². The van der Waals surface area contributed by atoms with E-state index in [1.54, 1.807) is 24.3 Å². The third kappa shape index (κ3) is 8.06. The number of hydrogen-bond donors (Lipinski definition) is 4. The summed E-state index contributed by atoms with van der Waals surface area (Å²) in [4.78, 5) is 49.0. The second kappa shape index (κ2) is 13.1. The Hall–Kier alpha value is -4.66. The molecule has 2 amide bonds. The number of aliphatic carboxylic acids is 1. The number of carbonyl (C=O) groups excluding carboxylic acids is 3. The Morgan fingerprint density at radius 2 is 1.67 bits per heavy atom. The molecule has 12 nitrogen and oxygen atoms in total. The molecule has 0 bridgehead atoms. The smallest absolute Gasteiger partial charge is 0.422 e. The predicted molar refractivity (Wildman–Crippen MR) is 165 cm³/mol. The van der Waals surface area contributed by atoms with Crippen molar-refractivity contribution in [3.05, 3.63) is 64.7 Å². The first-order valence-corrected chi connectivity index (χ1v) is 15.9. The molecule has 3 aliphatic rings. The van der Waals surface area contributed by atoms with E-state index in [4.69, 9.17) is 16.3 Å². The Bertz CT molecular complexity index is 1680. The van der Waals surface area contributed by atoms with Crippen molar-refractivity contribution in [3.63, 3.8) is 0 Å². The Balaban J connectivity index is 1.03.